The first kappa shape index (κ1) is 13.4. The second-order valence-corrected chi connectivity index (χ2v) is 4.96. The van der Waals surface area contributed by atoms with Crippen molar-refractivity contribution in [2.45, 2.75) is 12.3 Å². The molecule has 2 rings (SSSR count). The van der Waals surface area contributed by atoms with Crippen LogP contribution < -0.4 is 11.1 Å². The van der Waals surface area contributed by atoms with Crippen LogP contribution in [0.15, 0.2) is 48.5 Å². The Hall–Kier alpha value is -2.00. The van der Waals surface area contributed by atoms with Gasteiger partial charge in [-0.2, -0.15) is 0 Å². The molecule has 0 saturated carbocycles. The van der Waals surface area contributed by atoms with Crippen molar-refractivity contribution in [3.05, 3.63) is 48.5 Å². The molecule has 2 aromatic carbocycles. The van der Waals surface area contributed by atoms with Crippen LogP contribution in [0.4, 0.5) is 11.4 Å². The van der Waals surface area contributed by atoms with Crippen molar-refractivity contribution in [1.82, 2.24) is 0 Å². The van der Waals surface area contributed by atoms with Crippen molar-refractivity contribution in [3.8, 4) is 11.1 Å². The quantitative estimate of drug-likeness (QED) is 0.665. The second kappa shape index (κ2) is 5.76. The Morgan fingerprint density at radius 3 is 2.00 bits per heavy atom. The number of carbonyl (C=O) groups excluding carboxylic acids is 1. The predicted octanol–water partition coefficient (Wildman–Crippen LogP) is 3.50. The summed E-state index contributed by atoms with van der Waals surface area (Å²) < 4.78 is 0. The van der Waals surface area contributed by atoms with Gasteiger partial charge in [0.25, 0.3) is 0 Å². The number of hydrogen-bond acceptors (Lipinski definition) is 2. The van der Waals surface area contributed by atoms with Gasteiger partial charge in [0.05, 0.1) is 0 Å². The van der Waals surface area contributed by atoms with Crippen LogP contribution >= 0.6 is 11.6 Å². The summed E-state index contributed by atoms with van der Waals surface area (Å²) in [5.41, 5.74) is 9.27. The highest BCUT2D eigenvalue weighted by Gasteiger charge is 2.08. The lowest BCUT2D eigenvalue weighted by molar-refractivity contribution is -0.115. The minimum atomic E-state index is -0.545. The molecular weight excluding hydrogens is 260 g/mol. The molecule has 0 aliphatic heterocycles. The summed E-state index contributed by atoms with van der Waals surface area (Å²) in [5, 5.41) is 2.19. The largest absolute Gasteiger partial charge is 0.399 e. The van der Waals surface area contributed by atoms with Crippen molar-refractivity contribution < 1.29 is 4.79 Å². The van der Waals surface area contributed by atoms with Gasteiger partial charge in [0.15, 0.2) is 0 Å². The molecule has 0 bridgehead atoms. The molecule has 0 heterocycles. The molecule has 0 aliphatic rings. The fourth-order valence-electron chi connectivity index (χ4n) is 1.66. The maximum absolute atomic E-state index is 11.4. The summed E-state index contributed by atoms with van der Waals surface area (Å²) in [5.74, 6) is -0.207. The number of benzene rings is 2. The molecular formula is C15H15ClN2O. The number of halogens is 1. The van der Waals surface area contributed by atoms with Crippen LogP contribution in [0, 0.1) is 0 Å². The van der Waals surface area contributed by atoms with E-state index in [9.17, 15) is 4.79 Å². The molecule has 4 heteroatoms. The zero-order valence-electron chi connectivity index (χ0n) is 10.6. The van der Waals surface area contributed by atoms with Gasteiger partial charge in [0.1, 0.15) is 5.38 Å². The third-order valence-electron chi connectivity index (χ3n) is 2.76. The third kappa shape index (κ3) is 3.48. The van der Waals surface area contributed by atoms with E-state index in [1.165, 1.54) is 0 Å². The Morgan fingerprint density at radius 2 is 1.53 bits per heavy atom. The fourth-order valence-corrected chi connectivity index (χ4v) is 1.72. The van der Waals surface area contributed by atoms with Crippen LogP contribution in [0.1, 0.15) is 6.92 Å². The van der Waals surface area contributed by atoms with Gasteiger partial charge in [-0.3, -0.25) is 4.79 Å². The van der Waals surface area contributed by atoms with Gasteiger partial charge >= 0.3 is 0 Å². The number of anilines is 2. The predicted molar refractivity (Wildman–Crippen MR) is 80.2 cm³/mol. The van der Waals surface area contributed by atoms with Crippen molar-refractivity contribution >= 4 is 28.9 Å². The number of carbonyl (C=O) groups is 1. The zero-order chi connectivity index (χ0) is 13.8. The smallest absolute Gasteiger partial charge is 0.242 e. The number of nitrogens with two attached hydrogens (primary N) is 1. The Labute approximate surface area is 117 Å². The van der Waals surface area contributed by atoms with Crippen LogP contribution in [0.25, 0.3) is 11.1 Å². The van der Waals surface area contributed by atoms with Gasteiger partial charge in [-0.1, -0.05) is 24.3 Å². The molecule has 0 fully saturated rings. The Bertz CT molecular complexity index is 562. The lowest BCUT2D eigenvalue weighted by atomic mass is 10.1. The third-order valence-corrected chi connectivity index (χ3v) is 2.96. The lowest BCUT2D eigenvalue weighted by Gasteiger charge is -2.08. The van der Waals surface area contributed by atoms with E-state index < -0.39 is 5.38 Å². The highest BCUT2D eigenvalue weighted by molar-refractivity contribution is 6.32. The molecule has 0 aliphatic carbocycles. The molecule has 1 atom stereocenters. The molecule has 19 heavy (non-hydrogen) atoms. The van der Waals surface area contributed by atoms with Crippen molar-refractivity contribution in [3.63, 3.8) is 0 Å². The minimum Gasteiger partial charge on any atom is -0.399 e. The molecule has 1 unspecified atom stereocenters. The molecule has 3 N–H and O–H groups in total. The maximum atomic E-state index is 11.4. The summed E-state index contributed by atoms with van der Waals surface area (Å²) in [6, 6.07) is 15.2. The number of alkyl halides is 1. The normalized spacial score (nSPS) is 11.9. The van der Waals surface area contributed by atoms with Gasteiger partial charge in [0, 0.05) is 11.4 Å². The van der Waals surface area contributed by atoms with Crippen LogP contribution in [0.2, 0.25) is 0 Å². The number of nitrogens with one attached hydrogen (secondary N) is 1. The average Bonchev–Trinajstić information content (AvgIpc) is 2.40. The SMILES string of the molecule is CC(Cl)C(=O)Nc1ccc(-c2ccc(N)cc2)cc1. The van der Waals surface area contributed by atoms with Crippen LogP contribution in [0.3, 0.4) is 0 Å². The topological polar surface area (TPSA) is 55.1 Å². The average molecular weight is 275 g/mol. The maximum Gasteiger partial charge on any atom is 0.242 e. The monoisotopic (exact) mass is 274 g/mol. The van der Waals surface area contributed by atoms with E-state index in [0.717, 1.165) is 22.5 Å². The molecule has 98 valence electrons. The molecule has 1 amide bonds. The van der Waals surface area contributed by atoms with Crippen LogP contribution in [-0.4, -0.2) is 11.3 Å². The number of rotatable bonds is 3. The highest BCUT2D eigenvalue weighted by atomic mass is 35.5. The van der Waals surface area contributed by atoms with Crippen molar-refractivity contribution in [2.24, 2.45) is 0 Å². The Balaban J connectivity index is 2.14. The van der Waals surface area contributed by atoms with E-state index in [1.54, 1.807) is 6.92 Å². The first-order chi connectivity index (χ1) is 9.06. The zero-order valence-corrected chi connectivity index (χ0v) is 11.3. The van der Waals surface area contributed by atoms with E-state index in [0.29, 0.717) is 0 Å². The van der Waals surface area contributed by atoms with E-state index >= 15 is 0 Å². The summed E-state index contributed by atoms with van der Waals surface area (Å²) in [6.07, 6.45) is 0. The first-order valence-corrected chi connectivity index (χ1v) is 6.41. The summed E-state index contributed by atoms with van der Waals surface area (Å²) in [7, 11) is 0. The van der Waals surface area contributed by atoms with Gasteiger partial charge in [-0.05, 0) is 42.3 Å². The number of hydrogen-bond donors (Lipinski definition) is 2. The number of nitrogen functional groups attached to an aromatic ring is 1. The molecule has 0 radical (unpaired) electrons. The Morgan fingerprint density at radius 1 is 1.05 bits per heavy atom. The molecule has 0 spiro atoms. The van der Waals surface area contributed by atoms with E-state index in [-0.39, 0.29) is 5.91 Å². The van der Waals surface area contributed by atoms with Crippen LogP contribution in [-0.2, 0) is 4.79 Å². The van der Waals surface area contributed by atoms with Gasteiger partial charge in [-0.25, -0.2) is 0 Å². The van der Waals surface area contributed by atoms with Gasteiger partial charge < -0.3 is 11.1 Å². The first-order valence-electron chi connectivity index (χ1n) is 5.97. The fraction of sp³-hybridized carbons (Fsp3) is 0.133. The molecule has 3 nitrogen and oxygen atoms in total. The van der Waals surface area contributed by atoms with E-state index in [1.807, 2.05) is 48.5 Å². The second-order valence-electron chi connectivity index (χ2n) is 4.30. The van der Waals surface area contributed by atoms with Crippen LogP contribution in [0.5, 0.6) is 0 Å². The highest BCUT2D eigenvalue weighted by Crippen LogP contribution is 2.22. The summed E-state index contributed by atoms with van der Waals surface area (Å²) in [6.45, 7) is 1.64. The van der Waals surface area contributed by atoms with E-state index in [4.69, 9.17) is 17.3 Å². The standard InChI is InChI=1S/C15H15ClN2O/c1-10(16)15(19)18-14-8-4-12(5-9-14)11-2-6-13(17)7-3-11/h2-10H,17H2,1H3,(H,18,19). The Kier molecular flexibility index (Phi) is 4.07. The summed E-state index contributed by atoms with van der Waals surface area (Å²) in [4.78, 5) is 11.4. The minimum absolute atomic E-state index is 0.207. The van der Waals surface area contributed by atoms with Crippen molar-refractivity contribution in [1.29, 1.82) is 0 Å². The lowest BCUT2D eigenvalue weighted by Crippen LogP contribution is -2.20. The molecule has 0 saturated heterocycles. The molecule has 2 aromatic rings. The molecule has 0 aromatic heterocycles. The van der Waals surface area contributed by atoms with E-state index in [2.05, 4.69) is 5.32 Å². The number of amides is 1. The summed E-state index contributed by atoms with van der Waals surface area (Å²) >= 11 is 5.70. The van der Waals surface area contributed by atoms with Gasteiger partial charge in [0.2, 0.25) is 5.91 Å². The van der Waals surface area contributed by atoms with Crippen molar-refractivity contribution in [2.75, 3.05) is 11.1 Å². The van der Waals surface area contributed by atoms with Gasteiger partial charge in [-0.15, -0.1) is 11.6 Å².